The van der Waals surface area contributed by atoms with Crippen molar-refractivity contribution in [1.82, 2.24) is 9.78 Å². The minimum absolute atomic E-state index is 0.0726. The van der Waals surface area contributed by atoms with Crippen molar-refractivity contribution in [3.8, 4) is 0 Å². The molecule has 0 atom stereocenters. The van der Waals surface area contributed by atoms with Crippen LogP contribution in [0.25, 0.3) is 0 Å². The second-order valence-electron chi connectivity index (χ2n) is 2.39. The highest BCUT2D eigenvalue weighted by Crippen LogP contribution is 2.14. The number of carbonyl (C=O) groups is 1. The number of aromatic carboxylic acids is 1. The maximum Gasteiger partial charge on any atom is 0.357 e. The molecule has 1 heterocycles. The molecule has 0 saturated heterocycles. The van der Waals surface area contributed by atoms with E-state index < -0.39 is 5.97 Å². The lowest BCUT2D eigenvalue weighted by atomic mass is 10.4. The fourth-order valence-corrected chi connectivity index (χ4v) is 1.37. The van der Waals surface area contributed by atoms with Gasteiger partial charge < -0.3 is 5.11 Å². The normalized spacial score (nSPS) is 10.2. The molecule has 0 aromatic carbocycles. The van der Waals surface area contributed by atoms with Crippen molar-refractivity contribution in [2.75, 3.05) is 0 Å². The Balaban J connectivity index is 2.92. The van der Waals surface area contributed by atoms with Gasteiger partial charge >= 0.3 is 5.97 Å². The number of rotatable bonds is 3. The van der Waals surface area contributed by atoms with Crippen LogP contribution in [0.4, 0.5) is 0 Å². The maximum absolute atomic E-state index is 10.5. The largest absolute Gasteiger partial charge is 0.476 e. The van der Waals surface area contributed by atoms with Gasteiger partial charge in [-0.15, -0.1) is 0 Å². The van der Waals surface area contributed by atoms with Gasteiger partial charge in [-0.3, -0.25) is 4.68 Å². The van der Waals surface area contributed by atoms with Gasteiger partial charge in [-0.1, -0.05) is 6.92 Å². The average molecular weight is 233 g/mol. The Morgan fingerprint density at radius 3 is 2.92 bits per heavy atom. The second-order valence-corrected chi connectivity index (χ2v) is 3.25. The quantitative estimate of drug-likeness (QED) is 0.865. The van der Waals surface area contributed by atoms with E-state index >= 15 is 0 Å². The summed E-state index contributed by atoms with van der Waals surface area (Å²) in [5.41, 5.74) is 0.0726. The van der Waals surface area contributed by atoms with Crippen LogP contribution in [0.5, 0.6) is 0 Å². The summed E-state index contributed by atoms with van der Waals surface area (Å²) in [7, 11) is 0. The molecule has 1 N–H and O–H groups in total. The fraction of sp³-hybridized carbons (Fsp3) is 0.429. The van der Waals surface area contributed by atoms with E-state index in [2.05, 4.69) is 21.0 Å². The lowest BCUT2D eigenvalue weighted by Crippen LogP contribution is -2.02. The van der Waals surface area contributed by atoms with E-state index in [-0.39, 0.29) is 5.69 Å². The van der Waals surface area contributed by atoms with Crippen molar-refractivity contribution < 1.29 is 9.90 Å². The van der Waals surface area contributed by atoms with Gasteiger partial charge in [0.2, 0.25) is 0 Å². The first-order valence-corrected chi connectivity index (χ1v) is 4.40. The SMILES string of the molecule is CCCn1cc(Br)c(C(=O)O)n1. The smallest absolute Gasteiger partial charge is 0.357 e. The van der Waals surface area contributed by atoms with Gasteiger partial charge in [-0.25, -0.2) is 4.79 Å². The maximum atomic E-state index is 10.5. The lowest BCUT2D eigenvalue weighted by molar-refractivity contribution is 0.0688. The molecule has 0 aliphatic carbocycles. The van der Waals surface area contributed by atoms with Crippen LogP contribution in [0.3, 0.4) is 0 Å². The second kappa shape index (κ2) is 3.71. The van der Waals surface area contributed by atoms with Gasteiger partial charge in [0.1, 0.15) is 0 Å². The molecule has 12 heavy (non-hydrogen) atoms. The molecular weight excluding hydrogens is 224 g/mol. The van der Waals surface area contributed by atoms with Gasteiger partial charge in [0.25, 0.3) is 0 Å². The summed E-state index contributed by atoms with van der Waals surface area (Å²) >= 11 is 3.12. The predicted octanol–water partition coefficient (Wildman–Crippen LogP) is 1.75. The third-order valence-electron chi connectivity index (χ3n) is 1.37. The number of nitrogens with zero attached hydrogens (tertiary/aromatic N) is 2. The highest BCUT2D eigenvalue weighted by Gasteiger charge is 2.12. The van der Waals surface area contributed by atoms with Crippen molar-refractivity contribution in [2.24, 2.45) is 0 Å². The Kier molecular flexibility index (Phi) is 2.86. The number of halogens is 1. The first kappa shape index (κ1) is 9.25. The van der Waals surface area contributed by atoms with Crippen LogP contribution in [0.2, 0.25) is 0 Å². The summed E-state index contributed by atoms with van der Waals surface area (Å²) in [5, 5.41) is 12.5. The van der Waals surface area contributed by atoms with E-state index in [1.165, 1.54) is 0 Å². The Morgan fingerprint density at radius 2 is 2.50 bits per heavy atom. The number of aryl methyl sites for hydroxylation is 1. The molecule has 0 spiro atoms. The Labute approximate surface area is 78.3 Å². The minimum Gasteiger partial charge on any atom is -0.476 e. The zero-order valence-electron chi connectivity index (χ0n) is 6.62. The average Bonchev–Trinajstić information content (AvgIpc) is 2.32. The highest BCUT2D eigenvalue weighted by atomic mass is 79.9. The monoisotopic (exact) mass is 232 g/mol. The van der Waals surface area contributed by atoms with Crippen molar-refractivity contribution in [2.45, 2.75) is 19.9 Å². The molecular formula is C7H9BrN2O2. The summed E-state index contributed by atoms with van der Waals surface area (Å²) in [6.07, 6.45) is 2.61. The van der Waals surface area contributed by atoms with Crippen LogP contribution in [0.15, 0.2) is 10.7 Å². The van der Waals surface area contributed by atoms with E-state index in [1.807, 2.05) is 6.92 Å². The van der Waals surface area contributed by atoms with Crippen LogP contribution >= 0.6 is 15.9 Å². The predicted molar refractivity (Wildman–Crippen MR) is 47.2 cm³/mol. The molecule has 0 bridgehead atoms. The van der Waals surface area contributed by atoms with Crippen molar-refractivity contribution in [1.29, 1.82) is 0 Å². The van der Waals surface area contributed by atoms with Gasteiger partial charge in [0, 0.05) is 12.7 Å². The van der Waals surface area contributed by atoms with Gasteiger partial charge in [0.05, 0.1) is 4.47 Å². The summed E-state index contributed by atoms with van der Waals surface area (Å²) in [6, 6.07) is 0. The summed E-state index contributed by atoms with van der Waals surface area (Å²) in [6.45, 7) is 2.75. The topological polar surface area (TPSA) is 55.1 Å². The summed E-state index contributed by atoms with van der Waals surface area (Å²) in [4.78, 5) is 10.5. The Hall–Kier alpha value is -0.840. The fourth-order valence-electron chi connectivity index (χ4n) is 0.886. The van der Waals surface area contributed by atoms with E-state index in [1.54, 1.807) is 10.9 Å². The zero-order valence-corrected chi connectivity index (χ0v) is 8.21. The first-order valence-electron chi connectivity index (χ1n) is 3.61. The Morgan fingerprint density at radius 1 is 1.83 bits per heavy atom. The van der Waals surface area contributed by atoms with E-state index in [0.29, 0.717) is 4.47 Å². The highest BCUT2D eigenvalue weighted by molar-refractivity contribution is 9.10. The molecule has 66 valence electrons. The number of hydrogen-bond acceptors (Lipinski definition) is 2. The third-order valence-corrected chi connectivity index (χ3v) is 1.95. The lowest BCUT2D eigenvalue weighted by Gasteiger charge is -1.93. The van der Waals surface area contributed by atoms with Crippen LogP contribution in [-0.2, 0) is 6.54 Å². The number of hydrogen-bond donors (Lipinski definition) is 1. The Bertz CT molecular complexity index is 296. The molecule has 5 heteroatoms. The molecule has 4 nitrogen and oxygen atoms in total. The third kappa shape index (κ3) is 1.85. The van der Waals surface area contributed by atoms with Gasteiger partial charge in [-0.2, -0.15) is 5.10 Å². The number of carboxylic acids is 1. The van der Waals surface area contributed by atoms with Crippen LogP contribution in [-0.4, -0.2) is 20.9 Å². The first-order chi connectivity index (χ1) is 5.65. The van der Waals surface area contributed by atoms with Crippen LogP contribution in [0, 0.1) is 0 Å². The van der Waals surface area contributed by atoms with Crippen LogP contribution in [0.1, 0.15) is 23.8 Å². The molecule has 0 saturated carbocycles. The standard InChI is InChI=1S/C7H9BrN2O2/c1-2-3-10-4-5(8)6(9-10)7(11)12/h4H,2-3H2,1H3,(H,11,12). The van der Waals surface area contributed by atoms with Crippen molar-refractivity contribution in [3.63, 3.8) is 0 Å². The minimum atomic E-state index is -1.00. The van der Waals surface area contributed by atoms with Crippen molar-refractivity contribution >= 4 is 21.9 Å². The molecule has 0 aliphatic rings. The molecule has 1 rings (SSSR count). The van der Waals surface area contributed by atoms with E-state index in [0.717, 1.165) is 13.0 Å². The summed E-state index contributed by atoms with van der Waals surface area (Å²) < 4.78 is 2.15. The van der Waals surface area contributed by atoms with Crippen LogP contribution < -0.4 is 0 Å². The molecule has 0 amide bonds. The molecule has 0 aliphatic heterocycles. The summed E-state index contributed by atoms with van der Waals surface area (Å²) in [5.74, 6) is -1.00. The zero-order chi connectivity index (χ0) is 9.14. The van der Waals surface area contributed by atoms with Gasteiger partial charge in [-0.05, 0) is 22.4 Å². The molecule has 0 radical (unpaired) electrons. The molecule has 1 aromatic heterocycles. The van der Waals surface area contributed by atoms with Crippen molar-refractivity contribution in [3.05, 3.63) is 16.4 Å². The van der Waals surface area contributed by atoms with E-state index in [9.17, 15) is 4.79 Å². The van der Waals surface area contributed by atoms with E-state index in [4.69, 9.17) is 5.11 Å². The molecule has 0 unspecified atom stereocenters. The molecule has 1 aromatic rings. The number of carboxylic acid groups (broad SMARTS) is 1. The van der Waals surface area contributed by atoms with Gasteiger partial charge in [0.15, 0.2) is 5.69 Å². The number of aromatic nitrogens is 2. The molecule has 0 fully saturated rings.